The molecule has 0 spiro atoms. The van der Waals surface area contributed by atoms with Crippen molar-refractivity contribution in [3.8, 4) is 12.3 Å². The summed E-state index contributed by atoms with van der Waals surface area (Å²) >= 11 is 0. The summed E-state index contributed by atoms with van der Waals surface area (Å²) in [5.74, 6) is 1.87. The van der Waals surface area contributed by atoms with E-state index in [1.807, 2.05) is 42.5 Å². The number of terminal acetylenes is 1. The van der Waals surface area contributed by atoms with E-state index in [2.05, 4.69) is 23.5 Å². The van der Waals surface area contributed by atoms with Crippen LogP contribution in [0.3, 0.4) is 0 Å². The van der Waals surface area contributed by atoms with Gasteiger partial charge in [-0.3, -0.25) is 9.59 Å². The Labute approximate surface area is 250 Å². The molecule has 0 aliphatic rings. The van der Waals surface area contributed by atoms with Crippen molar-refractivity contribution in [2.24, 2.45) is 0 Å². The summed E-state index contributed by atoms with van der Waals surface area (Å²) in [6, 6.07) is 18.8. The second kappa shape index (κ2) is 15.1. The van der Waals surface area contributed by atoms with Gasteiger partial charge < -0.3 is 20.3 Å². The van der Waals surface area contributed by atoms with Gasteiger partial charge in [-0.25, -0.2) is 4.79 Å². The summed E-state index contributed by atoms with van der Waals surface area (Å²) in [5, 5.41) is 7.73. The van der Waals surface area contributed by atoms with Gasteiger partial charge in [0.1, 0.15) is 17.7 Å². The Morgan fingerprint density at radius 1 is 0.929 bits per heavy atom. The number of ether oxygens (including phenoxy) is 1. The number of amides is 3. The summed E-state index contributed by atoms with van der Waals surface area (Å²) in [4.78, 5) is 42.1. The van der Waals surface area contributed by atoms with Crippen molar-refractivity contribution in [3.05, 3.63) is 77.9 Å². The molecule has 2 atom stereocenters. The number of nitrogens with one attached hydrogen (secondary N) is 2. The molecule has 0 aliphatic carbocycles. The molecular weight excluding hydrogens is 526 g/mol. The normalized spacial score (nSPS) is 12.6. The van der Waals surface area contributed by atoms with Crippen molar-refractivity contribution >= 4 is 34.4 Å². The molecule has 0 bridgehead atoms. The number of benzene rings is 3. The summed E-state index contributed by atoms with van der Waals surface area (Å²) < 4.78 is 5.38. The second-order valence-corrected chi connectivity index (χ2v) is 11.5. The number of carbonyl (C=O) groups excluding carboxylic acids is 3. The standard InChI is InChI=1S/C35H43N3O4/c1-7-9-10-11-14-23-38(33(40)25(3)36-34(41)42-35(4,5)6)31(28-19-17-26(8-2)18-20-28)32(39)37-30-22-21-27-15-12-13-16-29(27)24-30/h2,12-13,15-22,24-25,31H,7,9-11,14,23H2,1,3-6H3,(H,36,41)(H,37,39). The first kappa shape index (κ1) is 32.2. The van der Waals surface area contributed by atoms with E-state index in [0.717, 1.165) is 36.5 Å². The largest absolute Gasteiger partial charge is 0.444 e. The van der Waals surface area contributed by atoms with Crippen molar-refractivity contribution in [3.63, 3.8) is 0 Å². The average molecular weight is 570 g/mol. The quantitative estimate of drug-likeness (QED) is 0.178. The van der Waals surface area contributed by atoms with E-state index in [1.165, 1.54) is 0 Å². The molecule has 0 fully saturated rings. The maximum atomic E-state index is 14.1. The van der Waals surface area contributed by atoms with Crippen molar-refractivity contribution in [1.29, 1.82) is 0 Å². The Bertz CT molecular complexity index is 1400. The first-order valence-electron chi connectivity index (χ1n) is 14.7. The Hall–Kier alpha value is -4.31. The van der Waals surface area contributed by atoms with Gasteiger partial charge in [-0.1, -0.05) is 81.0 Å². The van der Waals surface area contributed by atoms with Gasteiger partial charge in [-0.2, -0.15) is 0 Å². The van der Waals surface area contributed by atoms with Crippen LogP contribution in [0.4, 0.5) is 10.5 Å². The number of anilines is 1. The first-order valence-corrected chi connectivity index (χ1v) is 14.7. The van der Waals surface area contributed by atoms with Crippen LogP contribution in [-0.4, -0.2) is 41.0 Å². The SMILES string of the molecule is C#Cc1ccc(C(C(=O)Nc2ccc3ccccc3c2)N(CCCCCCC)C(=O)C(C)NC(=O)OC(C)(C)C)cc1. The zero-order chi connectivity index (χ0) is 30.7. The van der Waals surface area contributed by atoms with Crippen molar-refractivity contribution < 1.29 is 19.1 Å². The molecule has 7 nitrogen and oxygen atoms in total. The first-order chi connectivity index (χ1) is 20.0. The van der Waals surface area contributed by atoms with Crippen molar-refractivity contribution in [2.75, 3.05) is 11.9 Å². The third kappa shape index (κ3) is 9.37. The zero-order valence-electron chi connectivity index (χ0n) is 25.4. The second-order valence-electron chi connectivity index (χ2n) is 11.5. The minimum Gasteiger partial charge on any atom is -0.444 e. The van der Waals surface area contributed by atoms with Gasteiger partial charge in [0.05, 0.1) is 0 Å². The van der Waals surface area contributed by atoms with Crippen LogP contribution in [-0.2, 0) is 14.3 Å². The lowest BCUT2D eigenvalue weighted by Crippen LogP contribution is -2.51. The molecule has 0 heterocycles. The van der Waals surface area contributed by atoms with Crippen LogP contribution in [0.1, 0.15) is 83.9 Å². The molecule has 3 amide bonds. The molecule has 2 unspecified atom stereocenters. The van der Waals surface area contributed by atoms with E-state index in [-0.39, 0.29) is 11.8 Å². The highest BCUT2D eigenvalue weighted by molar-refractivity contribution is 6.00. The molecule has 2 N–H and O–H groups in total. The fraction of sp³-hybridized carbons (Fsp3) is 0.400. The van der Waals surface area contributed by atoms with E-state index in [0.29, 0.717) is 29.8 Å². The molecule has 0 saturated carbocycles. The maximum absolute atomic E-state index is 14.1. The van der Waals surface area contributed by atoms with Crippen molar-refractivity contribution in [2.45, 2.75) is 84.4 Å². The minimum atomic E-state index is -0.954. The number of alkyl carbamates (subject to hydrolysis) is 1. The molecular formula is C35H43N3O4. The lowest BCUT2D eigenvalue weighted by molar-refractivity contribution is -0.140. The Kier molecular flexibility index (Phi) is 11.6. The van der Waals surface area contributed by atoms with Crippen molar-refractivity contribution in [1.82, 2.24) is 10.2 Å². The molecule has 0 aliphatic heterocycles. The highest BCUT2D eigenvalue weighted by atomic mass is 16.6. The van der Waals surface area contributed by atoms with Gasteiger partial charge in [0, 0.05) is 17.8 Å². The van der Waals surface area contributed by atoms with Crippen LogP contribution in [0.2, 0.25) is 0 Å². The van der Waals surface area contributed by atoms with Gasteiger partial charge >= 0.3 is 6.09 Å². The Balaban J connectivity index is 1.96. The fourth-order valence-electron chi connectivity index (χ4n) is 4.76. The van der Waals surface area contributed by atoms with Crippen LogP contribution in [0.25, 0.3) is 10.8 Å². The van der Waals surface area contributed by atoms with E-state index < -0.39 is 23.8 Å². The maximum Gasteiger partial charge on any atom is 0.408 e. The monoisotopic (exact) mass is 569 g/mol. The summed E-state index contributed by atoms with van der Waals surface area (Å²) in [6.07, 6.45) is 9.75. The molecule has 0 saturated heterocycles. The average Bonchev–Trinajstić information content (AvgIpc) is 2.95. The third-order valence-electron chi connectivity index (χ3n) is 6.86. The van der Waals surface area contributed by atoms with Gasteiger partial charge in [0.15, 0.2) is 0 Å². The number of fused-ring (bicyclic) bond motifs is 1. The van der Waals surface area contributed by atoms with E-state index >= 15 is 0 Å². The van der Waals surface area contributed by atoms with Gasteiger partial charge in [0.2, 0.25) is 5.91 Å². The fourth-order valence-corrected chi connectivity index (χ4v) is 4.76. The summed E-state index contributed by atoms with van der Waals surface area (Å²) in [7, 11) is 0. The predicted octanol–water partition coefficient (Wildman–Crippen LogP) is 7.21. The summed E-state index contributed by atoms with van der Waals surface area (Å²) in [6.45, 7) is 9.37. The molecule has 7 heteroatoms. The molecule has 0 aromatic heterocycles. The highest BCUT2D eigenvalue weighted by Crippen LogP contribution is 2.27. The van der Waals surface area contributed by atoms with E-state index in [4.69, 9.17) is 11.2 Å². The van der Waals surface area contributed by atoms with Crippen LogP contribution in [0.5, 0.6) is 0 Å². The number of nitrogens with zero attached hydrogens (tertiary/aromatic N) is 1. The number of rotatable bonds is 12. The van der Waals surface area contributed by atoms with Crippen LogP contribution in [0.15, 0.2) is 66.7 Å². The van der Waals surface area contributed by atoms with Gasteiger partial charge in [0.25, 0.3) is 5.91 Å². The molecule has 3 rings (SSSR count). The topological polar surface area (TPSA) is 87.7 Å². The van der Waals surface area contributed by atoms with E-state index in [1.54, 1.807) is 56.9 Å². The minimum absolute atomic E-state index is 0.343. The molecule has 3 aromatic carbocycles. The Morgan fingerprint density at radius 3 is 2.24 bits per heavy atom. The molecule has 0 radical (unpaired) electrons. The van der Waals surface area contributed by atoms with Gasteiger partial charge in [-0.15, -0.1) is 6.42 Å². The van der Waals surface area contributed by atoms with Crippen LogP contribution < -0.4 is 10.6 Å². The molecule has 3 aromatic rings. The van der Waals surface area contributed by atoms with E-state index in [9.17, 15) is 14.4 Å². The lowest BCUT2D eigenvalue weighted by Gasteiger charge is -2.34. The predicted molar refractivity (Wildman–Crippen MR) is 169 cm³/mol. The smallest absolute Gasteiger partial charge is 0.408 e. The van der Waals surface area contributed by atoms with Crippen LogP contribution >= 0.6 is 0 Å². The third-order valence-corrected chi connectivity index (χ3v) is 6.86. The number of carbonyl (C=O) groups is 3. The Morgan fingerprint density at radius 2 is 1.60 bits per heavy atom. The van der Waals surface area contributed by atoms with Crippen LogP contribution in [0, 0.1) is 12.3 Å². The highest BCUT2D eigenvalue weighted by Gasteiger charge is 2.34. The zero-order valence-corrected chi connectivity index (χ0v) is 25.4. The summed E-state index contributed by atoms with van der Waals surface area (Å²) in [5.41, 5.74) is 1.20. The number of unbranched alkanes of at least 4 members (excludes halogenated alkanes) is 4. The lowest BCUT2D eigenvalue weighted by atomic mass is 10.0. The number of hydrogen-bond donors (Lipinski definition) is 2. The molecule has 222 valence electrons. The van der Waals surface area contributed by atoms with Gasteiger partial charge in [-0.05, 0) is 74.7 Å². The number of hydrogen-bond acceptors (Lipinski definition) is 4. The molecule has 42 heavy (non-hydrogen) atoms.